The molecule has 1 amide bonds. The number of aromatic nitrogens is 2. The van der Waals surface area contributed by atoms with E-state index < -0.39 is 0 Å². The summed E-state index contributed by atoms with van der Waals surface area (Å²) >= 11 is 0. The number of carbonyl (C=O) groups excluding carboxylic acids is 1. The van der Waals surface area contributed by atoms with Gasteiger partial charge in [0.25, 0.3) is 5.91 Å². The molecule has 0 aliphatic heterocycles. The van der Waals surface area contributed by atoms with Crippen LogP contribution in [0, 0.1) is 13.8 Å². The Labute approximate surface area is 141 Å². The SMILES string of the molecule is Cc1cc(C)nc(NNC(=O)c2ccc(OC3CCCC3)cc2)n1. The van der Waals surface area contributed by atoms with E-state index >= 15 is 0 Å². The molecule has 0 atom stereocenters. The minimum Gasteiger partial charge on any atom is -0.490 e. The molecule has 1 aromatic carbocycles. The number of aryl methyl sites for hydroxylation is 2. The molecular formula is C18H22N4O2. The van der Waals surface area contributed by atoms with E-state index in [1.165, 1.54) is 12.8 Å². The average molecular weight is 326 g/mol. The first-order valence-corrected chi connectivity index (χ1v) is 8.25. The number of rotatable bonds is 5. The van der Waals surface area contributed by atoms with E-state index in [9.17, 15) is 4.79 Å². The van der Waals surface area contributed by atoms with Gasteiger partial charge in [-0.1, -0.05) is 0 Å². The number of anilines is 1. The number of nitrogens with one attached hydrogen (secondary N) is 2. The van der Waals surface area contributed by atoms with E-state index in [4.69, 9.17) is 4.74 Å². The molecule has 126 valence electrons. The van der Waals surface area contributed by atoms with Crippen molar-refractivity contribution in [3.63, 3.8) is 0 Å². The summed E-state index contributed by atoms with van der Waals surface area (Å²) < 4.78 is 5.90. The van der Waals surface area contributed by atoms with Crippen LogP contribution in [0.2, 0.25) is 0 Å². The molecule has 0 unspecified atom stereocenters. The second-order valence-electron chi connectivity index (χ2n) is 6.10. The molecule has 1 aliphatic carbocycles. The molecule has 2 N–H and O–H groups in total. The van der Waals surface area contributed by atoms with Crippen LogP contribution in [0.3, 0.4) is 0 Å². The van der Waals surface area contributed by atoms with Crippen LogP contribution >= 0.6 is 0 Å². The Morgan fingerprint density at radius 1 is 1.08 bits per heavy atom. The van der Waals surface area contributed by atoms with Crippen LogP contribution in [0.15, 0.2) is 30.3 Å². The number of ether oxygens (including phenoxy) is 1. The molecule has 24 heavy (non-hydrogen) atoms. The van der Waals surface area contributed by atoms with Gasteiger partial charge in [-0.15, -0.1) is 0 Å². The molecule has 0 radical (unpaired) electrons. The van der Waals surface area contributed by atoms with Gasteiger partial charge in [-0.3, -0.25) is 15.6 Å². The van der Waals surface area contributed by atoms with Crippen molar-refractivity contribution >= 4 is 11.9 Å². The standard InChI is InChI=1S/C18H22N4O2/c1-12-11-13(2)20-18(19-12)22-21-17(23)14-7-9-16(10-8-14)24-15-5-3-4-6-15/h7-11,15H,3-6H2,1-2H3,(H,21,23)(H,19,20,22). The normalized spacial score (nSPS) is 14.4. The molecule has 6 heteroatoms. The number of hydrazine groups is 1. The molecule has 0 spiro atoms. The fourth-order valence-electron chi connectivity index (χ4n) is 2.85. The van der Waals surface area contributed by atoms with E-state index in [0.29, 0.717) is 17.6 Å². The average Bonchev–Trinajstić information content (AvgIpc) is 3.05. The van der Waals surface area contributed by atoms with Crippen LogP contribution in [0.4, 0.5) is 5.95 Å². The van der Waals surface area contributed by atoms with Gasteiger partial charge in [-0.2, -0.15) is 0 Å². The van der Waals surface area contributed by atoms with E-state index in [2.05, 4.69) is 20.8 Å². The van der Waals surface area contributed by atoms with E-state index in [1.54, 1.807) is 12.1 Å². The maximum Gasteiger partial charge on any atom is 0.269 e. The Balaban J connectivity index is 1.56. The lowest BCUT2D eigenvalue weighted by Gasteiger charge is -2.13. The summed E-state index contributed by atoms with van der Waals surface area (Å²) in [5, 5.41) is 0. The number of amides is 1. The third kappa shape index (κ3) is 4.22. The summed E-state index contributed by atoms with van der Waals surface area (Å²) in [6.07, 6.45) is 5.01. The quantitative estimate of drug-likeness (QED) is 0.825. The van der Waals surface area contributed by atoms with Gasteiger partial charge in [-0.25, -0.2) is 9.97 Å². The lowest BCUT2D eigenvalue weighted by molar-refractivity contribution is 0.0962. The first-order valence-electron chi connectivity index (χ1n) is 8.25. The first kappa shape index (κ1) is 16.2. The molecule has 0 bridgehead atoms. The lowest BCUT2D eigenvalue weighted by atomic mass is 10.2. The number of carbonyl (C=O) groups is 1. The number of hydrogen-bond donors (Lipinski definition) is 2. The molecule has 1 aliphatic rings. The molecule has 1 heterocycles. The van der Waals surface area contributed by atoms with E-state index in [1.807, 2.05) is 32.0 Å². The number of benzene rings is 1. The largest absolute Gasteiger partial charge is 0.490 e. The Bertz CT molecular complexity index is 689. The summed E-state index contributed by atoms with van der Waals surface area (Å²) in [7, 11) is 0. The summed E-state index contributed by atoms with van der Waals surface area (Å²) in [4.78, 5) is 20.6. The minimum absolute atomic E-state index is 0.245. The highest BCUT2D eigenvalue weighted by atomic mass is 16.5. The zero-order valence-electron chi connectivity index (χ0n) is 14.0. The van der Waals surface area contributed by atoms with Gasteiger partial charge in [0.1, 0.15) is 5.75 Å². The lowest BCUT2D eigenvalue weighted by Crippen LogP contribution is -2.30. The van der Waals surface area contributed by atoms with Gasteiger partial charge < -0.3 is 4.74 Å². The van der Waals surface area contributed by atoms with Crippen LogP contribution in [-0.4, -0.2) is 22.0 Å². The highest BCUT2D eigenvalue weighted by Crippen LogP contribution is 2.24. The highest BCUT2D eigenvalue weighted by Gasteiger charge is 2.16. The predicted octanol–water partition coefficient (Wildman–Crippen LogP) is 3.17. The van der Waals surface area contributed by atoms with Gasteiger partial charge in [0, 0.05) is 17.0 Å². The van der Waals surface area contributed by atoms with Gasteiger partial charge in [0.2, 0.25) is 5.95 Å². The zero-order chi connectivity index (χ0) is 16.9. The van der Waals surface area contributed by atoms with E-state index in [0.717, 1.165) is 30.0 Å². The van der Waals surface area contributed by atoms with Crippen molar-refractivity contribution in [3.05, 3.63) is 47.3 Å². The molecule has 1 fully saturated rings. The van der Waals surface area contributed by atoms with Crippen LogP contribution in [0.5, 0.6) is 5.75 Å². The van der Waals surface area contributed by atoms with Gasteiger partial charge in [0.15, 0.2) is 0 Å². The van der Waals surface area contributed by atoms with Crippen LogP contribution < -0.4 is 15.6 Å². The Kier molecular flexibility index (Phi) is 4.93. The first-order chi connectivity index (χ1) is 11.6. The van der Waals surface area contributed by atoms with Crippen LogP contribution in [0.1, 0.15) is 47.4 Å². The van der Waals surface area contributed by atoms with Gasteiger partial charge in [-0.05, 0) is 69.9 Å². The number of hydrogen-bond acceptors (Lipinski definition) is 5. The van der Waals surface area contributed by atoms with E-state index in [-0.39, 0.29) is 5.91 Å². The molecule has 6 nitrogen and oxygen atoms in total. The molecular weight excluding hydrogens is 304 g/mol. The summed E-state index contributed by atoms with van der Waals surface area (Å²) in [5.41, 5.74) is 7.58. The fraction of sp³-hybridized carbons (Fsp3) is 0.389. The smallest absolute Gasteiger partial charge is 0.269 e. The second kappa shape index (κ2) is 7.29. The second-order valence-corrected chi connectivity index (χ2v) is 6.10. The topological polar surface area (TPSA) is 76.1 Å². The summed E-state index contributed by atoms with van der Waals surface area (Å²) in [5.74, 6) is 0.941. The van der Waals surface area contributed by atoms with Crippen molar-refractivity contribution in [1.82, 2.24) is 15.4 Å². The third-order valence-corrected chi connectivity index (χ3v) is 3.99. The third-order valence-electron chi connectivity index (χ3n) is 3.99. The van der Waals surface area contributed by atoms with Gasteiger partial charge >= 0.3 is 0 Å². The Hall–Kier alpha value is -2.63. The van der Waals surface area contributed by atoms with Crippen molar-refractivity contribution < 1.29 is 9.53 Å². The monoisotopic (exact) mass is 326 g/mol. The summed E-state index contributed by atoms with van der Waals surface area (Å²) in [6, 6.07) is 9.05. The minimum atomic E-state index is -0.245. The van der Waals surface area contributed by atoms with Crippen molar-refractivity contribution in [2.75, 3.05) is 5.43 Å². The van der Waals surface area contributed by atoms with Crippen molar-refractivity contribution in [3.8, 4) is 5.75 Å². The molecule has 2 aromatic rings. The van der Waals surface area contributed by atoms with Crippen molar-refractivity contribution in [2.24, 2.45) is 0 Å². The Morgan fingerprint density at radius 2 is 1.71 bits per heavy atom. The fourth-order valence-corrected chi connectivity index (χ4v) is 2.85. The molecule has 3 rings (SSSR count). The molecule has 1 saturated carbocycles. The highest BCUT2D eigenvalue weighted by molar-refractivity contribution is 5.94. The predicted molar refractivity (Wildman–Crippen MR) is 91.9 cm³/mol. The van der Waals surface area contributed by atoms with Crippen LogP contribution in [-0.2, 0) is 0 Å². The molecule has 0 saturated heterocycles. The maximum atomic E-state index is 12.2. The maximum absolute atomic E-state index is 12.2. The van der Waals surface area contributed by atoms with Crippen molar-refractivity contribution in [1.29, 1.82) is 0 Å². The van der Waals surface area contributed by atoms with Crippen LogP contribution in [0.25, 0.3) is 0 Å². The molecule has 1 aromatic heterocycles. The number of nitrogens with zero attached hydrogens (tertiary/aromatic N) is 2. The zero-order valence-corrected chi connectivity index (χ0v) is 14.0. The van der Waals surface area contributed by atoms with Crippen molar-refractivity contribution in [2.45, 2.75) is 45.6 Å². The Morgan fingerprint density at radius 3 is 2.33 bits per heavy atom. The summed E-state index contributed by atoms with van der Waals surface area (Å²) in [6.45, 7) is 3.76. The van der Waals surface area contributed by atoms with Gasteiger partial charge in [0.05, 0.1) is 6.10 Å².